The van der Waals surface area contributed by atoms with Crippen LogP contribution in [0.15, 0.2) is 30.3 Å². The fourth-order valence-corrected chi connectivity index (χ4v) is 3.56. The highest BCUT2D eigenvalue weighted by Crippen LogP contribution is 2.59. The molecule has 0 radical (unpaired) electrons. The minimum absolute atomic E-state index is 0.158. The molecule has 0 spiro atoms. The Morgan fingerprint density at radius 2 is 1.75 bits per heavy atom. The molecule has 3 rings (SSSR count). The lowest BCUT2D eigenvalue weighted by molar-refractivity contribution is 0.298. The van der Waals surface area contributed by atoms with E-state index in [4.69, 9.17) is 11.5 Å². The van der Waals surface area contributed by atoms with Crippen molar-refractivity contribution in [3.8, 4) is 0 Å². The van der Waals surface area contributed by atoms with Gasteiger partial charge < -0.3 is 11.5 Å². The molecule has 2 saturated carbocycles. The lowest BCUT2D eigenvalue weighted by Gasteiger charge is -2.38. The highest BCUT2D eigenvalue weighted by Gasteiger charge is 2.61. The van der Waals surface area contributed by atoms with Crippen molar-refractivity contribution in [2.24, 2.45) is 11.5 Å². The molecule has 0 heterocycles. The zero-order valence-electron chi connectivity index (χ0n) is 9.65. The predicted molar refractivity (Wildman–Crippen MR) is 66.1 cm³/mol. The topological polar surface area (TPSA) is 52.0 Å². The van der Waals surface area contributed by atoms with E-state index in [9.17, 15) is 0 Å². The maximum absolute atomic E-state index is 6.65. The van der Waals surface area contributed by atoms with Gasteiger partial charge in [-0.05, 0) is 37.7 Å². The highest BCUT2D eigenvalue weighted by atomic mass is 14.9. The van der Waals surface area contributed by atoms with Gasteiger partial charge in [-0.15, -0.1) is 0 Å². The number of hydrogen-bond acceptors (Lipinski definition) is 2. The molecule has 4 N–H and O–H groups in total. The van der Waals surface area contributed by atoms with E-state index in [1.54, 1.807) is 0 Å². The van der Waals surface area contributed by atoms with Crippen LogP contribution in [0, 0.1) is 0 Å². The summed E-state index contributed by atoms with van der Waals surface area (Å²) in [5, 5.41) is 0. The van der Waals surface area contributed by atoms with Gasteiger partial charge in [-0.2, -0.15) is 0 Å². The molecular formula is C14H20N2. The maximum atomic E-state index is 6.65. The molecule has 0 amide bonds. The monoisotopic (exact) mass is 216 g/mol. The lowest BCUT2D eigenvalue weighted by Crippen LogP contribution is -2.59. The number of nitrogens with two attached hydrogens (primary N) is 2. The van der Waals surface area contributed by atoms with Crippen molar-refractivity contribution in [2.45, 2.75) is 49.1 Å². The second-order valence-electron chi connectivity index (χ2n) is 5.49. The van der Waals surface area contributed by atoms with Crippen molar-refractivity contribution < 1.29 is 0 Å². The van der Waals surface area contributed by atoms with Crippen LogP contribution in [0.2, 0.25) is 0 Å². The first-order valence-corrected chi connectivity index (χ1v) is 6.29. The van der Waals surface area contributed by atoms with Crippen LogP contribution in [0.1, 0.15) is 37.7 Å². The van der Waals surface area contributed by atoms with E-state index >= 15 is 0 Å². The molecule has 2 atom stereocenters. The summed E-state index contributed by atoms with van der Waals surface area (Å²) in [6.45, 7) is 0. The van der Waals surface area contributed by atoms with E-state index in [2.05, 4.69) is 30.3 Å². The quantitative estimate of drug-likeness (QED) is 0.793. The summed E-state index contributed by atoms with van der Waals surface area (Å²) in [7, 11) is 0. The molecule has 2 aliphatic carbocycles. The molecule has 2 aliphatic rings. The molecule has 2 unspecified atom stereocenters. The summed E-state index contributed by atoms with van der Waals surface area (Å²) in [6.07, 6.45) is 5.78. The van der Waals surface area contributed by atoms with Gasteiger partial charge >= 0.3 is 0 Å². The number of benzene rings is 1. The van der Waals surface area contributed by atoms with Crippen molar-refractivity contribution in [3.05, 3.63) is 35.9 Å². The summed E-state index contributed by atoms with van der Waals surface area (Å²) in [4.78, 5) is 0. The van der Waals surface area contributed by atoms with E-state index in [1.807, 2.05) is 0 Å². The van der Waals surface area contributed by atoms with Crippen LogP contribution in [0.4, 0.5) is 0 Å². The zero-order valence-corrected chi connectivity index (χ0v) is 9.65. The Balaban J connectivity index is 2.00. The van der Waals surface area contributed by atoms with Crippen LogP contribution in [0.3, 0.4) is 0 Å². The highest BCUT2D eigenvalue weighted by molar-refractivity contribution is 5.39. The molecule has 2 heteroatoms. The first-order valence-electron chi connectivity index (χ1n) is 6.29. The molecule has 0 aromatic heterocycles. The molecule has 1 aromatic rings. The Morgan fingerprint density at radius 3 is 2.25 bits per heavy atom. The molecule has 0 aliphatic heterocycles. The number of rotatable bonds is 2. The van der Waals surface area contributed by atoms with Gasteiger partial charge in [0.2, 0.25) is 0 Å². The molecule has 2 fully saturated rings. The summed E-state index contributed by atoms with van der Waals surface area (Å²) in [5.41, 5.74) is 14.3. The molecule has 86 valence electrons. The van der Waals surface area contributed by atoms with E-state index < -0.39 is 0 Å². The van der Waals surface area contributed by atoms with Crippen molar-refractivity contribution in [3.63, 3.8) is 0 Å². The van der Waals surface area contributed by atoms with Crippen molar-refractivity contribution >= 4 is 0 Å². The SMILES string of the molecule is NC1CCCC1(N)C1(c2ccccc2)CC1. The second kappa shape index (κ2) is 3.31. The Morgan fingerprint density at radius 1 is 1.06 bits per heavy atom. The third-order valence-corrected chi connectivity index (χ3v) is 4.73. The molecule has 2 nitrogen and oxygen atoms in total. The van der Waals surface area contributed by atoms with Gasteiger partial charge in [0, 0.05) is 17.0 Å². The average Bonchev–Trinajstić information content (AvgIpc) is 3.05. The van der Waals surface area contributed by atoms with Crippen molar-refractivity contribution in [1.82, 2.24) is 0 Å². The van der Waals surface area contributed by atoms with Crippen LogP contribution in [-0.2, 0) is 5.41 Å². The minimum Gasteiger partial charge on any atom is -0.326 e. The number of hydrogen-bond donors (Lipinski definition) is 2. The Hall–Kier alpha value is -0.860. The summed E-state index contributed by atoms with van der Waals surface area (Å²) >= 11 is 0. The van der Waals surface area contributed by atoms with Crippen LogP contribution in [0.5, 0.6) is 0 Å². The fraction of sp³-hybridized carbons (Fsp3) is 0.571. The fourth-order valence-electron chi connectivity index (χ4n) is 3.56. The van der Waals surface area contributed by atoms with E-state index in [0.29, 0.717) is 0 Å². The van der Waals surface area contributed by atoms with Gasteiger partial charge in [0.05, 0.1) is 0 Å². The summed E-state index contributed by atoms with van der Waals surface area (Å²) in [6, 6.07) is 10.9. The molecule has 0 bridgehead atoms. The van der Waals surface area contributed by atoms with Crippen LogP contribution >= 0.6 is 0 Å². The lowest BCUT2D eigenvalue weighted by atomic mass is 9.73. The van der Waals surface area contributed by atoms with Crippen molar-refractivity contribution in [1.29, 1.82) is 0 Å². The largest absolute Gasteiger partial charge is 0.326 e. The summed E-state index contributed by atoms with van der Waals surface area (Å²) in [5.74, 6) is 0. The standard InChI is InChI=1S/C14H20N2/c15-12-7-4-8-14(12,16)13(9-10-13)11-5-2-1-3-6-11/h1-3,5-6,12H,4,7-10,15-16H2. The van der Waals surface area contributed by atoms with Gasteiger partial charge in [0.25, 0.3) is 0 Å². The molecule has 0 saturated heterocycles. The van der Waals surface area contributed by atoms with Gasteiger partial charge in [0.15, 0.2) is 0 Å². The molecule has 16 heavy (non-hydrogen) atoms. The minimum atomic E-state index is -0.158. The van der Waals surface area contributed by atoms with E-state index in [1.165, 1.54) is 24.8 Å². The van der Waals surface area contributed by atoms with E-state index in [-0.39, 0.29) is 17.0 Å². The molecular weight excluding hydrogens is 196 g/mol. The summed E-state index contributed by atoms with van der Waals surface area (Å²) < 4.78 is 0. The van der Waals surface area contributed by atoms with E-state index in [0.717, 1.165) is 12.8 Å². The smallest absolute Gasteiger partial charge is 0.0405 e. The van der Waals surface area contributed by atoms with Crippen LogP contribution < -0.4 is 11.5 Å². The third kappa shape index (κ3) is 1.20. The zero-order chi connectivity index (χ0) is 11.2. The van der Waals surface area contributed by atoms with Crippen LogP contribution in [-0.4, -0.2) is 11.6 Å². The maximum Gasteiger partial charge on any atom is 0.0405 e. The second-order valence-corrected chi connectivity index (χ2v) is 5.49. The van der Waals surface area contributed by atoms with Gasteiger partial charge in [-0.25, -0.2) is 0 Å². The Labute approximate surface area is 97.0 Å². The third-order valence-electron chi connectivity index (χ3n) is 4.73. The Bertz CT molecular complexity index is 383. The van der Waals surface area contributed by atoms with Crippen LogP contribution in [0.25, 0.3) is 0 Å². The van der Waals surface area contributed by atoms with Gasteiger partial charge in [-0.1, -0.05) is 30.3 Å². The first kappa shape index (κ1) is 10.3. The first-order chi connectivity index (χ1) is 7.69. The normalized spacial score (nSPS) is 36.2. The average molecular weight is 216 g/mol. The van der Waals surface area contributed by atoms with Gasteiger partial charge in [0.1, 0.15) is 0 Å². The Kier molecular flexibility index (Phi) is 2.13. The molecule has 1 aromatic carbocycles. The van der Waals surface area contributed by atoms with Gasteiger partial charge in [-0.3, -0.25) is 0 Å². The predicted octanol–water partition coefficient (Wildman–Crippen LogP) is 1.93. The van der Waals surface area contributed by atoms with Crippen molar-refractivity contribution in [2.75, 3.05) is 0 Å².